The Bertz CT molecular complexity index is 824. The van der Waals surface area contributed by atoms with Gasteiger partial charge in [-0.15, -0.1) is 0 Å². The minimum Gasteiger partial charge on any atom is -0.486 e. The summed E-state index contributed by atoms with van der Waals surface area (Å²) in [4.78, 5) is 14.7. The molecule has 2 aliphatic heterocycles. The van der Waals surface area contributed by atoms with Crippen LogP contribution in [0.15, 0.2) is 42.5 Å². The molecule has 1 unspecified atom stereocenters. The minimum atomic E-state index is -0.629. The zero-order valence-electron chi connectivity index (χ0n) is 15.2. The average Bonchev–Trinajstić information content (AvgIpc) is 2.71. The number of aliphatic hydroxyl groups excluding tert-OH is 1. The van der Waals surface area contributed by atoms with Crippen molar-refractivity contribution in [1.29, 1.82) is 0 Å². The van der Waals surface area contributed by atoms with Gasteiger partial charge in [-0.2, -0.15) is 0 Å². The summed E-state index contributed by atoms with van der Waals surface area (Å²) < 4.78 is 11.1. The lowest BCUT2D eigenvalue weighted by molar-refractivity contribution is 0.0834. The van der Waals surface area contributed by atoms with E-state index >= 15 is 0 Å². The van der Waals surface area contributed by atoms with Gasteiger partial charge in [0.25, 0.3) is 5.91 Å². The number of benzene rings is 2. The highest BCUT2D eigenvalue weighted by molar-refractivity contribution is 5.97. The van der Waals surface area contributed by atoms with Crippen molar-refractivity contribution < 1.29 is 19.4 Å². The van der Waals surface area contributed by atoms with E-state index in [4.69, 9.17) is 9.47 Å². The molecular weight excluding hydrogens is 344 g/mol. The second-order valence-electron chi connectivity index (χ2n) is 6.95. The third-order valence-electron chi connectivity index (χ3n) is 4.99. The number of nitrogens with zero attached hydrogens (tertiary/aromatic N) is 1. The molecule has 0 fully saturated rings. The Hall–Kier alpha value is -2.57. The van der Waals surface area contributed by atoms with Crippen molar-refractivity contribution in [2.45, 2.75) is 19.1 Å². The number of para-hydroxylation sites is 1. The molecule has 6 heteroatoms. The fourth-order valence-electron chi connectivity index (χ4n) is 3.63. The molecule has 0 spiro atoms. The van der Waals surface area contributed by atoms with Crippen molar-refractivity contribution in [3.8, 4) is 11.5 Å². The van der Waals surface area contributed by atoms with Crippen molar-refractivity contribution in [3.63, 3.8) is 0 Å². The zero-order chi connectivity index (χ0) is 18.6. The Morgan fingerprint density at radius 2 is 1.93 bits per heavy atom. The highest BCUT2D eigenvalue weighted by Gasteiger charge is 2.22. The first-order chi connectivity index (χ1) is 13.2. The second kappa shape index (κ2) is 7.98. The molecule has 0 radical (unpaired) electrons. The highest BCUT2D eigenvalue weighted by Crippen LogP contribution is 2.33. The van der Waals surface area contributed by atoms with Crippen molar-refractivity contribution in [2.75, 3.05) is 32.8 Å². The number of rotatable bonds is 5. The van der Waals surface area contributed by atoms with Gasteiger partial charge in [0.05, 0.1) is 11.7 Å². The molecule has 0 saturated heterocycles. The van der Waals surface area contributed by atoms with Crippen LogP contribution in [-0.2, 0) is 13.0 Å². The van der Waals surface area contributed by atoms with Crippen LogP contribution in [-0.4, -0.2) is 54.9 Å². The Balaban J connectivity index is 1.31. The van der Waals surface area contributed by atoms with E-state index in [-0.39, 0.29) is 12.5 Å². The number of hydrogen-bond acceptors (Lipinski definition) is 5. The lowest BCUT2D eigenvalue weighted by atomic mass is 10.00. The van der Waals surface area contributed by atoms with E-state index < -0.39 is 6.10 Å². The van der Waals surface area contributed by atoms with Crippen molar-refractivity contribution >= 4 is 5.91 Å². The van der Waals surface area contributed by atoms with Gasteiger partial charge in [-0.05, 0) is 29.7 Å². The van der Waals surface area contributed by atoms with Gasteiger partial charge in [0, 0.05) is 26.2 Å². The maximum atomic E-state index is 12.5. The first kappa shape index (κ1) is 17.8. The predicted octanol–water partition coefficient (Wildman–Crippen LogP) is 1.61. The van der Waals surface area contributed by atoms with Crippen LogP contribution in [0.5, 0.6) is 11.5 Å². The van der Waals surface area contributed by atoms with Crippen LogP contribution in [0.4, 0.5) is 0 Å². The van der Waals surface area contributed by atoms with E-state index in [1.807, 2.05) is 6.07 Å². The minimum absolute atomic E-state index is 0.196. The third kappa shape index (κ3) is 4.07. The van der Waals surface area contributed by atoms with E-state index in [0.29, 0.717) is 36.8 Å². The summed E-state index contributed by atoms with van der Waals surface area (Å²) in [6, 6.07) is 13.7. The fourth-order valence-corrected chi connectivity index (χ4v) is 3.63. The van der Waals surface area contributed by atoms with Crippen molar-refractivity contribution in [2.24, 2.45) is 0 Å². The van der Waals surface area contributed by atoms with E-state index in [1.54, 1.807) is 18.2 Å². The van der Waals surface area contributed by atoms with Gasteiger partial charge in [0.2, 0.25) is 0 Å². The van der Waals surface area contributed by atoms with Crippen molar-refractivity contribution in [3.05, 3.63) is 59.2 Å². The van der Waals surface area contributed by atoms with Crippen LogP contribution in [0.3, 0.4) is 0 Å². The molecule has 2 aromatic carbocycles. The van der Waals surface area contributed by atoms with Crippen LogP contribution in [0.1, 0.15) is 21.5 Å². The van der Waals surface area contributed by atoms with Crippen molar-refractivity contribution in [1.82, 2.24) is 10.2 Å². The molecule has 0 aliphatic carbocycles. The quantitative estimate of drug-likeness (QED) is 0.839. The number of β-amino-alcohol motifs (C(OH)–C–C–N with tert-alkyl or cyclic N) is 1. The van der Waals surface area contributed by atoms with Gasteiger partial charge in [0.15, 0.2) is 11.5 Å². The lowest BCUT2D eigenvalue weighted by Gasteiger charge is -2.30. The van der Waals surface area contributed by atoms with E-state index in [2.05, 4.69) is 28.4 Å². The monoisotopic (exact) mass is 368 g/mol. The summed E-state index contributed by atoms with van der Waals surface area (Å²) in [7, 11) is 0. The topological polar surface area (TPSA) is 71.0 Å². The summed E-state index contributed by atoms with van der Waals surface area (Å²) in [5.74, 6) is 0.796. The summed E-state index contributed by atoms with van der Waals surface area (Å²) in [6.45, 7) is 3.38. The molecule has 2 N–H and O–H groups in total. The number of nitrogens with one attached hydrogen (secondary N) is 1. The van der Waals surface area contributed by atoms with Crippen LogP contribution >= 0.6 is 0 Å². The Kier molecular flexibility index (Phi) is 5.27. The molecule has 1 amide bonds. The molecule has 27 heavy (non-hydrogen) atoms. The molecule has 0 saturated carbocycles. The molecule has 6 nitrogen and oxygen atoms in total. The summed E-state index contributed by atoms with van der Waals surface area (Å²) >= 11 is 0. The third-order valence-corrected chi connectivity index (χ3v) is 4.99. The maximum Gasteiger partial charge on any atom is 0.255 e. The number of carbonyl (C=O) groups excluding carboxylic acids is 1. The Morgan fingerprint density at radius 1 is 1.11 bits per heavy atom. The van der Waals surface area contributed by atoms with E-state index in [1.165, 1.54) is 11.1 Å². The van der Waals surface area contributed by atoms with Gasteiger partial charge >= 0.3 is 0 Å². The largest absolute Gasteiger partial charge is 0.486 e. The number of hydrogen-bond donors (Lipinski definition) is 2. The number of ether oxygens (including phenoxy) is 2. The highest BCUT2D eigenvalue weighted by atomic mass is 16.6. The molecule has 1 atom stereocenters. The zero-order valence-corrected chi connectivity index (χ0v) is 15.2. The predicted molar refractivity (Wildman–Crippen MR) is 101 cm³/mol. The van der Waals surface area contributed by atoms with Gasteiger partial charge in [-0.25, -0.2) is 0 Å². The number of fused-ring (bicyclic) bond motifs is 2. The Morgan fingerprint density at radius 3 is 2.81 bits per heavy atom. The normalized spacial score (nSPS) is 17.1. The maximum absolute atomic E-state index is 12.5. The molecule has 0 bridgehead atoms. The first-order valence-electron chi connectivity index (χ1n) is 9.35. The second-order valence-corrected chi connectivity index (χ2v) is 6.95. The first-order valence-corrected chi connectivity index (χ1v) is 9.35. The smallest absolute Gasteiger partial charge is 0.255 e. The standard InChI is InChI=1S/C21H24N2O4/c24-17(14-23-9-8-15-4-1-2-5-16(15)13-23)12-22-21(25)18-6-3-7-19-20(18)27-11-10-26-19/h1-7,17,24H,8-14H2,(H,22,25). The van der Waals surface area contributed by atoms with E-state index in [9.17, 15) is 9.90 Å². The summed E-state index contributed by atoms with van der Waals surface area (Å²) in [6.07, 6.45) is 0.360. The summed E-state index contributed by atoms with van der Waals surface area (Å²) in [5.41, 5.74) is 3.13. The fraction of sp³-hybridized carbons (Fsp3) is 0.381. The van der Waals surface area contributed by atoms with E-state index in [0.717, 1.165) is 19.5 Å². The number of carbonyl (C=O) groups is 1. The van der Waals surface area contributed by atoms with Gasteiger partial charge in [-0.1, -0.05) is 30.3 Å². The molecule has 2 heterocycles. The lowest BCUT2D eigenvalue weighted by Crippen LogP contribution is -2.42. The SMILES string of the molecule is O=C(NCC(O)CN1CCc2ccccc2C1)c1cccc2c1OCCO2. The van der Waals surface area contributed by atoms with Crippen LogP contribution in [0.2, 0.25) is 0 Å². The molecule has 2 aliphatic rings. The van der Waals surface area contributed by atoms with Crippen LogP contribution in [0, 0.1) is 0 Å². The summed E-state index contributed by atoms with van der Waals surface area (Å²) in [5, 5.41) is 13.2. The molecule has 4 rings (SSSR count). The number of aliphatic hydroxyl groups is 1. The van der Waals surface area contributed by atoms with Crippen LogP contribution in [0.25, 0.3) is 0 Å². The molecular formula is C21H24N2O4. The van der Waals surface area contributed by atoms with Gasteiger partial charge in [0.1, 0.15) is 13.2 Å². The average molecular weight is 368 g/mol. The Labute approximate surface area is 158 Å². The van der Waals surface area contributed by atoms with Crippen LogP contribution < -0.4 is 14.8 Å². The molecule has 2 aromatic rings. The van der Waals surface area contributed by atoms with Gasteiger partial charge in [-0.3, -0.25) is 9.69 Å². The molecule has 0 aromatic heterocycles. The van der Waals surface area contributed by atoms with Gasteiger partial charge < -0.3 is 19.9 Å². The molecule has 142 valence electrons. The number of amides is 1.